The predicted octanol–water partition coefficient (Wildman–Crippen LogP) is 22.4. The summed E-state index contributed by atoms with van der Waals surface area (Å²) < 4.78 is 55.9. The Hall–Kier alpha value is -10.6. The number of carboxylic acids is 1. The molecule has 0 saturated heterocycles. The Balaban J connectivity index is -0.00000151. The van der Waals surface area contributed by atoms with Crippen LogP contribution in [0.1, 0.15) is 150 Å². The van der Waals surface area contributed by atoms with Crippen molar-refractivity contribution in [3.63, 3.8) is 0 Å². The van der Waals surface area contributed by atoms with Gasteiger partial charge >= 0.3 is 35.8 Å². The molecule has 1 atom stereocenters. The van der Waals surface area contributed by atoms with Crippen LogP contribution in [0.5, 0.6) is 0 Å². The zero-order valence-electron chi connectivity index (χ0n) is 81.2. The average Bonchev–Trinajstić information content (AvgIpc) is 1.67. The first kappa shape index (κ1) is 135. The number of aliphatic hydroxyl groups is 3. The number of nitrogens with one attached hydrogen (secondary N) is 1. The van der Waals surface area contributed by atoms with Gasteiger partial charge < -0.3 is 88.7 Å². The summed E-state index contributed by atoms with van der Waals surface area (Å²) in [5, 5.41) is 61.7. The lowest BCUT2D eigenvalue weighted by Crippen LogP contribution is -2.31. The number of anilines is 1. The molecule has 141 heavy (non-hydrogen) atoms. The lowest BCUT2D eigenvalue weighted by atomic mass is 9.94. The molecule has 7 aromatic carbocycles. The van der Waals surface area contributed by atoms with Gasteiger partial charge in [0.05, 0.1) is 69.8 Å². The molecule has 0 aliphatic carbocycles. The Morgan fingerprint density at radius 2 is 0.787 bits per heavy atom. The Bertz CT molecular complexity index is 5870. The number of aryl methyl sites for hydroxylation is 5. The van der Waals surface area contributed by atoms with Gasteiger partial charge in [0.15, 0.2) is 40.5 Å². The van der Waals surface area contributed by atoms with Crippen molar-refractivity contribution in [2.75, 3.05) is 62.4 Å². The van der Waals surface area contributed by atoms with Crippen LogP contribution in [0.3, 0.4) is 0 Å². The molecule has 44 heteroatoms. The number of nitrogen functional groups attached to an aromatic ring is 1. The molecule has 0 spiro atoms. The van der Waals surface area contributed by atoms with Crippen molar-refractivity contribution in [3.8, 4) is 56.6 Å². The minimum absolute atomic E-state index is 0. The van der Waals surface area contributed by atoms with Gasteiger partial charge in [0, 0.05) is 120 Å². The molecule has 0 bridgehead atoms. The fourth-order valence-corrected chi connectivity index (χ4v) is 12.1. The van der Waals surface area contributed by atoms with Crippen molar-refractivity contribution in [3.05, 3.63) is 275 Å². The fourth-order valence-electron chi connectivity index (χ4n) is 10.1. The number of Topliss-reactive ketones (excluding diaryl/α,β-unsaturated/α-hetero) is 2. The molecular weight excluding hydrogens is 2350 g/mol. The van der Waals surface area contributed by atoms with Gasteiger partial charge in [-0.25, -0.2) is 20.3 Å². The quantitative estimate of drug-likeness (QED) is 0.00530. The summed E-state index contributed by atoms with van der Waals surface area (Å²) in [7, 11) is 11.0. The van der Waals surface area contributed by atoms with Crippen LogP contribution in [0.15, 0.2) is 241 Å². The third-order valence-electron chi connectivity index (χ3n) is 16.9. The number of carbonyl (C=O) groups excluding carboxylic acids is 8. The number of aliphatic imine (C=N–C) groups is 1. The predicted molar refractivity (Wildman–Crippen MR) is 570 cm³/mol. The second kappa shape index (κ2) is 71.0. The van der Waals surface area contributed by atoms with Crippen molar-refractivity contribution in [2.24, 2.45) is 22.5 Å². The molecule has 0 aliphatic rings. The highest BCUT2D eigenvalue weighted by atomic mass is 79.9. The standard InChI is InChI=1S/C16H18BrNO3.C13H14BrNO3.C12H10BrNO3.C11H8BrNO3.C11H10BrNO2.C10H9BrN2O.C7H4BrClO.C6H11NO2.C5H8O3.C4H10O.CH5N.CH4O.2ClH.H3NO/c1-10-13(9-14(19)20-16(2,3)4)15(21-18-10)11-5-7-12(17)8-6-11;1-8(15-2)11(13(17)18-3)12(16)9-4-6-10(14)7-5-9;1-7-10(12(15)16-2)11(17-14-7)8-3-5-9(13)6-4-8;1-6-9(11(14)15)10(16-13-6)7-2-4-8(12)5-3-7;1-7-10(6-14)11(15-13-7)8-2-4-9(12)5-3-8;1-6-9(12)10(14-13-6)7-2-4-8(11)5-3-7;8-6-3-1-5(2-4-6)7(9)10;1-5(7-2)4-6(8)9-3;1-4(6)3-5(7)8-2;1-4(2,3)5;2*1-2;;;1-2/h5-8H,9H2,1-4H3;4-7,11H,1-3H3;3-6H,1-2H3;2-5H,1H3,(H,14,15);2-5,14H,6H2,1H3;2-5H,12H2,1H3;1-4H;4,7H,1-3H3;3H2,1-2H3;5H,1-3H3;2H2,1H3;2H,1H3;2*1H;2H,1H2. The lowest BCUT2D eigenvalue weighted by molar-refractivity contribution is -0.154. The lowest BCUT2D eigenvalue weighted by Gasteiger charge is -2.19. The van der Waals surface area contributed by atoms with Crippen molar-refractivity contribution in [1.29, 1.82) is 0 Å². The van der Waals surface area contributed by atoms with E-state index in [-0.39, 0.29) is 79.1 Å². The van der Waals surface area contributed by atoms with Crippen LogP contribution in [0.25, 0.3) is 56.6 Å². The monoisotopic (exact) mass is 2460 g/mol. The number of hydrogen-bond acceptors (Lipinski definition) is 33. The maximum atomic E-state index is 12.3. The van der Waals surface area contributed by atoms with E-state index in [1.807, 2.05) is 151 Å². The second-order valence-corrected chi connectivity index (χ2v) is 36.3. The van der Waals surface area contributed by atoms with E-state index in [0.29, 0.717) is 73.8 Å². The van der Waals surface area contributed by atoms with Crippen molar-refractivity contribution in [1.82, 2.24) is 31.1 Å². The topological polar surface area (TPSA) is 534 Å². The Morgan fingerprint density at radius 3 is 1.09 bits per heavy atom. The minimum Gasteiger partial charge on any atom is -0.477 e. The molecule has 12 N–H and O–H groups in total. The summed E-state index contributed by atoms with van der Waals surface area (Å²) >= 11 is 28.5. The molecule has 5 aromatic heterocycles. The molecule has 0 radical (unpaired) electrons. The zero-order valence-corrected chi connectivity index (χ0v) is 94.7. The number of aromatic carboxylic acids is 1. The van der Waals surface area contributed by atoms with E-state index in [4.69, 9.17) is 70.0 Å². The summed E-state index contributed by atoms with van der Waals surface area (Å²) in [6.45, 7) is 24.3. The normalized spacial score (nSPS) is 10.3. The maximum absolute atomic E-state index is 12.3. The van der Waals surface area contributed by atoms with Crippen molar-refractivity contribution in [2.45, 2.75) is 128 Å². The van der Waals surface area contributed by atoms with Crippen LogP contribution in [0.4, 0.5) is 5.69 Å². The molecule has 34 nitrogen and oxygen atoms in total. The first-order valence-corrected chi connectivity index (χ1v) is 46.7. The molecule has 12 aromatic rings. The van der Waals surface area contributed by atoms with E-state index in [0.717, 1.165) is 88.9 Å². The van der Waals surface area contributed by atoms with Crippen LogP contribution < -0.4 is 22.7 Å². The minimum atomic E-state index is -1.03. The Kier molecular flexibility index (Phi) is 67.7. The number of halogens is 10. The van der Waals surface area contributed by atoms with Gasteiger partial charge in [-0.2, -0.15) is 0 Å². The van der Waals surface area contributed by atoms with E-state index in [2.05, 4.69) is 173 Å². The van der Waals surface area contributed by atoms with Crippen LogP contribution in [-0.4, -0.2) is 178 Å². The van der Waals surface area contributed by atoms with Gasteiger partial charge in [-0.15, -0.1) is 24.8 Å². The second-order valence-electron chi connectivity index (χ2n) is 29.6. The van der Waals surface area contributed by atoms with Crippen LogP contribution in [0, 0.1) is 40.5 Å². The smallest absolute Gasteiger partial charge is 0.343 e. The number of methoxy groups -OCH3 is 4. The summed E-state index contributed by atoms with van der Waals surface area (Å²) in [4.78, 5) is 104. The zero-order chi connectivity index (χ0) is 106. The average molecular weight is 2470 g/mol. The van der Waals surface area contributed by atoms with Gasteiger partial charge in [0.1, 0.15) is 40.3 Å². The van der Waals surface area contributed by atoms with Crippen molar-refractivity contribution < 1.29 is 115 Å². The molecule has 0 saturated carbocycles. The van der Waals surface area contributed by atoms with Gasteiger partial charge in [-0.05, 0) is 249 Å². The number of aromatic nitrogens is 5. The highest BCUT2D eigenvalue weighted by molar-refractivity contribution is 9.11. The molecule has 0 fully saturated rings. The number of ether oxygens (including phenoxy) is 5. The number of benzene rings is 7. The number of nitrogens with zero attached hydrogens (tertiary/aromatic N) is 6. The molecule has 768 valence electrons. The number of hydrogen-bond donors (Lipinski definition) is 9. The Labute approximate surface area is 894 Å². The molecule has 12 rings (SSSR count). The number of allylic oxidation sites excluding steroid dienone is 1. The third-order valence-corrected chi connectivity index (χ3v) is 20.8. The van der Waals surface area contributed by atoms with E-state index in [1.54, 1.807) is 123 Å². The SMILES string of the molecule is CC(C)(C)O.CN.CN=C(C)C(C(=O)OC)C(=O)c1ccc(Br)cc1.CNC(C)=CC(=O)OC.CO.COC(=O)CC(C)=O.COC(=O)c1c(C)noc1-c1ccc(Br)cc1.Cc1noc(-c2ccc(Br)cc2)c1C(=O)O.Cc1noc(-c2ccc(Br)cc2)c1CC(=O)OC(C)(C)C.Cc1noc(-c2ccc(Br)cc2)c1CO.Cc1noc(-c2ccc(Br)cc2)c1N.Cl.Cl.NO.O=C(Cl)c1ccc(Br)cc1. The number of ketones is 2. The molecule has 5 heterocycles. The van der Waals surface area contributed by atoms with Crippen LogP contribution in [-0.2, 0) is 60.7 Å². The number of nitrogens with two attached hydrogens (primary N) is 3. The summed E-state index contributed by atoms with van der Waals surface area (Å²) in [5.41, 5.74) is 21.4. The van der Waals surface area contributed by atoms with Crippen molar-refractivity contribution >= 4 is 212 Å². The van der Waals surface area contributed by atoms with E-state index in [1.165, 1.54) is 48.5 Å². The first-order valence-electron chi connectivity index (χ1n) is 40.7. The van der Waals surface area contributed by atoms with Crippen LogP contribution >= 0.6 is 148 Å². The van der Waals surface area contributed by atoms with Crippen LogP contribution in [0.2, 0.25) is 0 Å². The summed E-state index contributed by atoms with van der Waals surface area (Å²) in [6, 6.07) is 51.4. The highest BCUT2D eigenvalue weighted by Crippen LogP contribution is 2.34. The first-order chi connectivity index (χ1) is 65.5. The van der Waals surface area contributed by atoms with Gasteiger partial charge in [-0.1, -0.05) is 174 Å². The largest absolute Gasteiger partial charge is 0.477 e. The number of esters is 5. The number of rotatable bonds is 19. The van der Waals surface area contributed by atoms with Gasteiger partial charge in [-0.3, -0.25) is 33.8 Å². The molecule has 1 unspecified atom stereocenters. The summed E-state index contributed by atoms with van der Waals surface area (Å²) in [6.07, 6.45) is 1.43. The highest BCUT2D eigenvalue weighted by Gasteiger charge is 2.32. The molecular formula is C97H116Br7Cl3N10O24. The maximum Gasteiger partial charge on any atom is 0.343 e. The number of carbonyl (C=O) groups is 9. The van der Waals surface area contributed by atoms with Gasteiger partial charge in [0.2, 0.25) is 0 Å². The Morgan fingerprint density at radius 1 is 0.475 bits per heavy atom. The summed E-state index contributed by atoms with van der Waals surface area (Å²) in [5.74, 6) is 1.51. The van der Waals surface area contributed by atoms with E-state index in [9.17, 15) is 48.3 Å². The van der Waals surface area contributed by atoms with E-state index >= 15 is 0 Å². The fraction of sp³-hybridized carbons (Fsp3) is 0.289. The van der Waals surface area contributed by atoms with Gasteiger partial charge in [0.25, 0.3) is 5.24 Å². The molecule has 0 aliphatic heterocycles. The molecule has 0 amide bonds. The number of carboxylic acid groups (broad SMARTS) is 1. The number of aliphatic hydroxyl groups excluding tert-OH is 2. The third kappa shape index (κ3) is 50.8. The van der Waals surface area contributed by atoms with E-state index < -0.39 is 46.2 Å².